The van der Waals surface area contributed by atoms with Gasteiger partial charge < -0.3 is 5.32 Å². The highest BCUT2D eigenvalue weighted by atomic mass is 35.5. The molecule has 0 aromatic heterocycles. The van der Waals surface area contributed by atoms with Crippen LogP contribution < -0.4 is 10.0 Å². The Hall–Kier alpha value is -0.820. The van der Waals surface area contributed by atoms with E-state index in [1.807, 2.05) is 0 Å². The normalized spacial score (nSPS) is 11.4. The van der Waals surface area contributed by atoms with Gasteiger partial charge in [-0.1, -0.05) is 23.2 Å². The minimum absolute atomic E-state index is 0.0894. The first kappa shape index (κ1) is 17.2. The van der Waals surface area contributed by atoms with Crippen molar-refractivity contribution in [1.82, 2.24) is 10.0 Å². The van der Waals surface area contributed by atoms with Gasteiger partial charge >= 0.3 is 0 Å². The van der Waals surface area contributed by atoms with Crippen LogP contribution in [-0.4, -0.2) is 27.4 Å². The second kappa shape index (κ2) is 6.76. The monoisotopic (exact) mass is 338 g/mol. The number of carbonyl (C=O) groups is 1. The van der Waals surface area contributed by atoms with Crippen LogP contribution >= 0.6 is 23.2 Å². The highest BCUT2D eigenvalue weighted by Gasteiger charge is 2.24. The number of hydrogen-bond donors (Lipinski definition) is 2. The number of hydrogen-bond acceptors (Lipinski definition) is 3. The lowest BCUT2D eigenvalue weighted by molar-refractivity contribution is -0.119. The second-order valence-corrected chi connectivity index (χ2v) is 6.71. The van der Waals surface area contributed by atoms with Crippen molar-refractivity contribution >= 4 is 39.1 Å². The molecule has 1 rings (SSSR count). The first-order valence-corrected chi connectivity index (χ1v) is 8.16. The minimum atomic E-state index is -3.91. The van der Waals surface area contributed by atoms with Crippen LogP contribution in [-0.2, 0) is 14.8 Å². The van der Waals surface area contributed by atoms with Crippen molar-refractivity contribution in [2.45, 2.75) is 25.7 Å². The fraction of sp³-hybridized carbons (Fsp3) is 0.417. The van der Waals surface area contributed by atoms with E-state index in [2.05, 4.69) is 10.0 Å². The Bertz CT molecular complexity index is 604. The lowest BCUT2D eigenvalue weighted by Crippen LogP contribution is -2.37. The Labute approximate surface area is 128 Å². The molecule has 0 unspecified atom stereocenters. The van der Waals surface area contributed by atoms with Crippen LogP contribution in [0.25, 0.3) is 0 Å². The van der Waals surface area contributed by atoms with Gasteiger partial charge in [-0.3, -0.25) is 4.79 Å². The summed E-state index contributed by atoms with van der Waals surface area (Å²) in [4.78, 5) is 11.2. The molecule has 0 saturated heterocycles. The number of benzene rings is 1. The van der Waals surface area contributed by atoms with E-state index in [1.54, 1.807) is 26.8 Å². The smallest absolute Gasteiger partial charge is 0.242 e. The Morgan fingerprint density at radius 3 is 2.45 bits per heavy atom. The summed E-state index contributed by atoms with van der Waals surface area (Å²) in [6.45, 7) is 5.05. The highest BCUT2D eigenvalue weighted by Crippen LogP contribution is 2.33. The summed E-state index contributed by atoms with van der Waals surface area (Å²) in [6.07, 6.45) is 0. The van der Waals surface area contributed by atoms with Crippen LogP contribution in [0.5, 0.6) is 0 Å². The van der Waals surface area contributed by atoms with Crippen molar-refractivity contribution in [2.24, 2.45) is 0 Å². The molecule has 0 spiro atoms. The number of likely N-dealkylation sites (N-methyl/N-ethyl adjacent to an activating group) is 1. The second-order valence-electron chi connectivity index (χ2n) is 4.22. The van der Waals surface area contributed by atoms with Crippen molar-refractivity contribution < 1.29 is 13.2 Å². The standard InChI is InChI=1S/C12H16Cl2N2O3S/c1-4-15-10(17)6-16-20(18,19)12-8(3)9(13)5-7(2)11(12)14/h5,16H,4,6H2,1-3H3,(H,15,17). The molecule has 0 atom stereocenters. The molecule has 112 valence electrons. The summed E-state index contributed by atoms with van der Waals surface area (Å²) in [5.74, 6) is -0.413. The molecule has 0 radical (unpaired) electrons. The van der Waals surface area contributed by atoms with E-state index in [-0.39, 0.29) is 16.5 Å². The Kier molecular flexibility index (Phi) is 5.82. The fourth-order valence-electron chi connectivity index (χ4n) is 1.63. The average molecular weight is 339 g/mol. The van der Waals surface area contributed by atoms with Crippen LogP contribution in [0.4, 0.5) is 0 Å². The van der Waals surface area contributed by atoms with Gasteiger partial charge in [0.2, 0.25) is 15.9 Å². The number of aryl methyl sites for hydroxylation is 1. The van der Waals surface area contributed by atoms with Gasteiger partial charge in [0.15, 0.2) is 0 Å². The van der Waals surface area contributed by atoms with Crippen molar-refractivity contribution in [1.29, 1.82) is 0 Å². The van der Waals surface area contributed by atoms with Gasteiger partial charge in [-0.05, 0) is 38.0 Å². The van der Waals surface area contributed by atoms with Gasteiger partial charge in [-0.25, -0.2) is 13.1 Å². The number of carbonyl (C=O) groups excluding carboxylic acids is 1. The summed E-state index contributed by atoms with van der Waals surface area (Å²) >= 11 is 12.0. The Morgan fingerprint density at radius 1 is 1.30 bits per heavy atom. The van der Waals surface area contributed by atoms with E-state index in [9.17, 15) is 13.2 Å². The lowest BCUT2D eigenvalue weighted by Gasteiger charge is -2.14. The quantitative estimate of drug-likeness (QED) is 0.862. The van der Waals surface area contributed by atoms with Gasteiger partial charge in [0.25, 0.3) is 0 Å². The molecular formula is C12H16Cl2N2O3S. The maximum Gasteiger partial charge on any atom is 0.242 e. The third kappa shape index (κ3) is 3.85. The number of rotatable bonds is 5. The van der Waals surface area contributed by atoms with Gasteiger partial charge in [-0.15, -0.1) is 0 Å². The molecule has 0 bridgehead atoms. The first-order chi connectivity index (χ1) is 9.20. The van der Waals surface area contributed by atoms with Crippen molar-refractivity contribution in [3.05, 3.63) is 27.2 Å². The van der Waals surface area contributed by atoms with E-state index in [0.29, 0.717) is 22.7 Å². The summed E-state index contributed by atoms with van der Waals surface area (Å²) < 4.78 is 26.7. The molecule has 1 aromatic rings. The lowest BCUT2D eigenvalue weighted by atomic mass is 10.2. The molecule has 1 aromatic carbocycles. The SMILES string of the molecule is CCNC(=O)CNS(=O)(=O)c1c(C)c(Cl)cc(C)c1Cl. The van der Waals surface area contributed by atoms with E-state index in [0.717, 1.165) is 0 Å². The van der Waals surface area contributed by atoms with Gasteiger partial charge in [0.1, 0.15) is 4.90 Å². The largest absolute Gasteiger partial charge is 0.355 e. The maximum absolute atomic E-state index is 12.3. The zero-order valence-corrected chi connectivity index (χ0v) is 13.7. The molecule has 0 aliphatic carbocycles. The van der Waals surface area contributed by atoms with Crippen LogP contribution in [0.15, 0.2) is 11.0 Å². The van der Waals surface area contributed by atoms with Gasteiger partial charge in [-0.2, -0.15) is 0 Å². The molecule has 0 aliphatic rings. The van der Waals surface area contributed by atoms with Crippen LogP contribution in [0.1, 0.15) is 18.1 Å². The summed E-state index contributed by atoms with van der Waals surface area (Å²) in [5, 5.41) is 2.91. The number of halogens is 2. The minimum Gasteiger partial charge on any atom is -0.355 e. The fourth-order valence-corrected chi connectivity index (χ4v) is 3.82. The summed E-state index contributed by atoms with van der Waals surface area (Å²) in [7, 11) is -3.91. The zero-order chi connectivity index (χ0) is 15.5. The Balaban J connectivity index is 3.14. The molecule has 0 saturated carbocycles. The molecule has 1 amide bonds. The van der Waals surface area contributed by atoms with Crippen molar-refractivity contribution in [3.63, 3.8) is 0 Å². The molecule has 2 N–H and O–H groups in total. The molecule has 0 heterocycles. The molecule has 5 nitrogen and oxygen atoms in total. The molecular weight excluding hydrogens is 323 g/mol. The zero-order valence-electron chi connectivity index (χ0n) is 11.4. The molecule has 8 heteroatoms. The van der Waals surface area contributed by atoms with E-state index >= 15 is 0 Å². The van der Waals surface area contributed by atoms with Crippen LogP contribution in [0.2, 0.25) is 10.0 Å². The van der Waals surface area contributed by atoms with Crippen LogP contribution in [0, 0.1) is 13.8 Å². The van der Waals surface area contributed by atoms with E-state index in [4.69, 9.17) is 23.2 Å². The maximum atomic E-state index is 12.3. The number of amides is 1. The first-order valence-electron chi connectivity index (χ1n) is 5.92. The third-order valence-corrected chi connectivity index (χ3v) is 5.22. The molecule has 20 heavy (non-hydrogen) atoms. The van der Waals surface area contributed by atoms with Gasteiger partial charge in [0.05, 0.1) is 11.6 Å². The van der Waals surface area contributed by atoms with Gasteiger partial charge in [0, 0.05) is 11.6 Å². The number of nitrogens with one attached hydrogen (secondary N) is 2. The van der Waals surface area contributed by atoms with E-state index in [1.165, 1.54) is 0 Å². The average Bonchev–Trinajstić information content (AvgIpc) is 2.35. The third-order valence-electron chi connectivity index (χ3n) is 2.65. The van der Waals surface area contributed by atoms with E-state index < -0.39 is 15.9 Å². The number of sulfonamides is 1. The van der Waals surface area contributed by atoms with Crippen molar-refractivity contribution in [3.8, 4) is 0 Å². The predicted molar refractivity (Wildman–Crippen MR) is 79.8 cm³/mol. The summed E-state index contributed by atoms with van der Waals surface area (Å²) in [5.41, 5.74) is 0.909. The molecule has 0 fully saturated rings. The topological polar surface area (TPSA) is 75.3 Å². The van der Waals surface area contributed by atoms with Crippen LogP contribution in [0.3, 0.4) is 0 Å². The molecule has 0 aliphatic heterocycles. The predicted octanol–water partition coefficient (Wildman–Crippen LogP) is 2.02. The summed E-state index contributed by atoms with van der Waals surface area (Å²) in [6, 6.07) is 1.60. The Morgan fingerprint density at radius 2 is 1.90 bits per heavy atom. The highest BCUT2D eigenvalue weighted by molar-refractivity contribution is 7.89. The van der Waals surface area contributed by atoms with Crippen molar-refractivity contribution in [2.75, 3.05) is 13.1 Å².